The third-order valence-electron chi connectivity index (χ3n) is 6.57. The Hall–Kier alpha value is -2.59. The van der Waals surface area contributed by atoms with E-state index in [0.717, 1.165) is 11.0 Å². The van der Waals surface area contributed by atoms with Gasteiger partial charge in [0.25, 0.3) is 5.91 Å². The smallest absolute Gasteiger partial charge is 0.257 e. The second-order valence-corrected chi connectivity index (χ2v) is 10.2. The lowest BCUT2D eigenvalue weighted by Crippen LogP contribution is -2.49. The Labute approximate surface area is 237 Å². The van der Waals surface area contributed by atoms with Gasteiger partial charge >= 0.3 is 0 Å². The molecule has 3 atom stereocenters. The molecule has 200 valence electrons. The number of ether oxygens (including phenoxy) is 3. The molecule has 0 radical (unpaired) electrons. The second-order valence-electron chi connectivity index (χ2n) is 9.31. The largest absolute Gasteiger partial charge is 0.383 e. The first-order valence-corrected chi connectivity index (χ1v) is 12.5. The SMILES string of the molecule is [2H]C([2H])([2H])OCC(C)(O)c1cc(F)c2c(c1)C(=O)N(C([2H])([2H])c1ccc(Cl)cn1)[C@@]2(O[C@H]1CCOC1)c1ccc(Cl)cc1. The first-order valence-electron chi connectivity index (χ1n) is 14.3. The van der Waals surface area contributed by atoms with Crippen LogP contribution in [-0.4, -0.2) is 53.9 Å². The maximum Gasteiger partial charge on any atom is 0.257 e. The summed E-state index contributed by atoms with van der Waals surface area (Å²) < 4.78 is 73.7. The van der Waals surface area contributed by atoms with Gasteiger partial charge in [-0.3, -0.25) is 14.7 Å². The Kier molecular flexibility index (Phi) is 5.89. The number of aliphatic hydroxyl groups is 1. The standard InChI is InChI=1S/C28H27Cl2FN2O5/c1-27(35,16-36-2)18-11-23-25(24(31)12-18)28(38-22-9-10-37-15-22,17-3-5-19(29)6-4-17)33(26(23)34)14-21-8-7-20(30)13-32-21/h3-8,11-13,22,35H,9-10,14-16H2,1-2H3/t22-,27?,28+/m0/s1/i2D3,14D2. The molecular weight excluding hydrogens is 534 g/mol. The number of rotatable bonds is 8. The van der Waals surface area contributed by atoms with Gasteiger partial charge in [-0.05, 0) is 55.3 Å². The van der Waals surface area contributed by atoms with Gasteiger partial charge in [-0.25, -0.2) is 4.39 Å². The van der Waals surface area contributed by atoms with Crippen LogP contribution in [0.25, 0.3) is 0 Å². The number of fused-ring (bicyclic) bond motifs is 1. The van der Waals surface area contributed by atoms with Crippen molar-refractivity contribution in [2.75, 3.05) is 26.9 Å². The first kappa shape index (κ1) is 21.3. The van der Waals surface area contributed by atoms with E-state index in [4.69, 9.17) is 41.5 Å². The van der Waals surface area contributed by atoms with Crippen molar-refractivity contribution < 1.29 is 35.4 Å². The van der Waals surface area contributed by atoms with E-state index in [0.29, 0.717) is 18.1 Å². The normalized spacial score (nSPS) is 25.2. The van der Waals surface area contributed by atoms with Crippen LogP contribution in [0.5, 0.6) is 0 Å². The van der Waals surface area contributed by atoms with Crippen molar-refractivity contribution in [2.45, 2.75) is 37.3 Å². The van der Waals surface area contributed by atoms with E-state index < -0.39 is 49.3 Å². The summed E-state index contributed by atoms with van der Waals surface area (Å²) in [5, 5.41) is 11.7. The average Bonchev–Trinajstić information content (AvgIpc) is 3.53. The van der Waals surface area contributed by atoms with E-state index >= 15 is 4.39 Å². The van der Waals surface area contributed by atoms with Gasteiger partial charge < -0.3 is 19.3 Å². The highest BCUT2D eigenvalue weighted by Gasteiger charge is 2.56. The summed E-state index contributed by atoms with van der Waals surface area (Å²) in [4.78, 5) is 19.3. The highest BCUT2D eigenvalue weighted by atomic mass is 35.5. The molecule has 0 aliphatic carbocycles. The number of amides is 1. The minimum absolute atomic E-state index is 0.107. The van der Waals surface area contributed by atoms with Crippen molar-refractivity contribution in [3.63, 3.8) is 0 Å². The molecule has 3 aromatic rings. The predicted octanol–water partition coefficient (Wildman–Crippen LogP) is 5.04. The fourth-order valence-corrected chi connectivity index (χ4v) is 4.93. The number of hydrogen-bond acceptors (Lipinski definition) is 6. The molecule has 2 aliphatic rings. The summed E-state index contributed by atoms with van der Waals surface area (Å²) in [5.41, 5.74) is -5.03. The molecule has 0 spiro atoms. The summed E-state index contributed by atoms with van der Waals surface area (Å²) in [6, 6.07) is 10.9. The number of benzene rings is 2. The Morgan fingerprint density at radius 3 is 2.71 bits per heavy atom. The fraction of sp³-hybridized carbons (Fsp3) is 0.357. The number of aromatic nitrogens is 1. The highest BCUT2D eigenvalue weighted by Crippen LogP contribution is 2.49. The summed E-state index contributed by atoms with van der Waals surface area (Å²) in [5.74, 6) is -1.98. The lowest BCUT2D eigenvalue weighted by Gasteiger charge is -2.41. The van der Waals surface area contributed by atoms with Crippen molar-refractivity contribution in [2.24, 2.45) is 0 Å². The van der Waals surface area contributed by atoms with E-state index in [-0.39, 0.29) is 39.6 Å². The lowest BCUT2D eigenvalue weighted by molar-refractivity contribution is -0.148. The zero-order valence-corrected chi connectivity index (χ0v) is 21.7. The molecule has 7 nitrogen and oxygen atoms in total. The number of pyridine rings is 1. The maximum absolute atomic E-state index is 16.5. The molecule has 0 saturated carbocycles. The van der Waals surface area contributed by atoms with Gasteiger partial charge in [-0.1, -0.05) is 35.3 Å². The van der Waals surface area contributed by atoms with Crippen LogP contribution in [0.15, 0.2) is 54.7 Å². The van der Waals surface area contributed by atoms with Crippen LogP contribution < -0.4 is 0 Å². The molecule has 1 unspecified atom stereocenters. The maximum atomic E-state index is 16.5. The summed E-state index contributed by atoms with van der Waals surface area (Å²) >= 11 is 12.2. The monoisotopic (exact) mass is 565 g/mol. The number of carbonyl (C=O) groups excluding carboxylic acids is 1. The molecule has 5 rings (SSSR count). The topological polar surface area (TPSA) is 81.1 Å². The Balaban J connectivity index is 1.77. The third kappa shape index (κ3) is 4.81. The Morgan fingerprint density at radius 2 is 2.05 bits per heavy atom. The van der Waals surface area contributed by atoms with E-state index in [1.54, 1.807) is 0 Å². The minimum Gasteiger partial charge on any atom is -0.383 e. The van der Waals surface area contributed by atoms with Crippen LogP contribution in [-0.2, 0) is 32.0 Å². The van der Waals surface area contributed by atoms with Gasteiger partial charge in [-0.15, -0.1) is 0 Å². The van der Waals surface area contributed by atoms with Gasteiger partial charge in [0, 0.05) is 30.4 Å². The molecule has 3 heterocycles. The van der Waals surface area contributed by atoms with Crippen molar-refractivity contribution in [3.8, 4) is 0 Å². The highest BCUT2D eigenvalue weighted by molar-refractivity contribution is 6.30. The van der Waals surface area contributed by atoms with Gasteiger partial charge in [-0.2, -0.15) is 0 Å². The van der Waals surface area contributed by atoms with Crippen molar-refractivity contribution in [1.82, 2.24) is 9.88 Å². The van der Waals surface area contributed by atoms with Crippen molar-refractivity contribution in [3.05, 3.63) is 98.5 Å². The van der Waals surface area contributed by atoms with Gasteiger partial charge in [0.1, 0.15) is 11.4 Å². The van der Waals surface area contributed by atoms with Crippen molar-refractivity contribution in [1.29, 1.82) is 0 Å². The molecule has 2 aromatic carbocycles. The summed E-state index contributed by atoms with van der Waals surface area (Å²) in [6.45, 7) is -1.79. The third-order valence-corrected chi connectivity index (χ3v) is 7.04. The molecular formula is C28H27Cl2FN2O5. The predicted molar refractivity (Wildman–Crippen MR) is 140 cm³/mol. The van der Waals surface area contributed by atoms with Crippen LogP contribution in [0.4, 0.5) is 4.39 Å². The van der Waals surface area contributed by atoms with Gasteiger partial charge in [0.05, 0.1) is 54.5 Å². The molecule has 2 aliphatic heterocycles. The van der Waals surface area contributed by atoms with E-state index in [1.807, 2.05) is 0 Å². The average molecular weight is 566 g/mol. The van der Waals surface area contributed by atoms with E-state index in [1.165, 1.54) is 55.6 Å². The number of nitrogens with zero attached hydrogens (tertiary/aromatic N) is 2. The van der Waals surface area contributed by atoms with E-state index in [2.05, 4.69) is 4.98 Å². The zero-order valence-electron chi connectivity index (χ0n) is 25.2. The zero-order chi connectivity index (χ0) is 31.4. The second kappa shape index (κ2) is 10.5. The molecule has 1 fully saturated rings. The molecule has 1 amide bonds. The number of methoxy groups -OCH3 is 1. The summed E-state index contributed by atoms with van der Waals surface area (Å²) in [7, 11) is -2.84. The Bertz CT molecular complexity index is 1520. The lowest BCUT2D eigenvalue weighted by atomic mass is 9.88. The van der Waals surface area contributed by atoms with E-state index in [9.17, 15) is 12.6 Å². The van der Waals surface area contributed by atoms with Gasteiger partial charge in [0.2, 0.25) is 5.72 Å². The van der Waals surface area contributed by atoms with Crippen LogP contribution in [0.3, 0.4) is 0 Å². The number of hydrogen-bond donors (Lipinski definition) is 1. The molecule has 1 saturated heterocycles. The van der Waals surface area contributed by atoms with Crippen molar-refractivity contribution >= 4 is 29.1 Å². The van der Waals surface area contributed by atoms with Crippen LogP contribution in [0.1, 0.15) is 52.9 Å². The first-order chi connectivity index (χ1) is 20.1. The molecule has 38 heavy (non-hydrogen) atoms. The number of halogens is 3. The minimum atomic E-state index is -2.84. The van der Waals surface area contributed by atoms with Gasteiger partial charge in [0.15, 0.2) is 0 Å². The fourth-order valence-electron chi connectivity index (χ4n) is 4.69. The molecule has 0 bridgehead atoms. The van der Waals surface area contributed by atoms with Crippen LogP contribution >= 0.6 is 23.2 Å². The molecule has 10 heteroatoms. The quantitative estimate of drug-likeness (QED) is 0.412. The Morgan fingerprint density at radius 1 is 1.29 bits per heavy atom. The molecule has 1 N–H and O–H groups in total. The summed E-state index contributed by atoms with van der Waals surface area (Å²) in [6.07, 6.45) is 0.940. The molecule has 1 aromatic heterocycles. The number of carbonyl (C=O) groups is 1. The van der Waals surface area contributed by atoms with Crippen LogP contribution in [0, 0.1) is 5.82 Å². The van der Waals surface area contributed by atoms with Crippen LogP contribution in [0.2, 0.25) is 10.0 Å².